The van der Waals surface area contributed by atoms with Gasteiger partial charge in [0.25, 0.3) is 0 Å². The Balaban J connectivity index is 1.97. The first kappa shape index (κ1) is 13.8. The van der Waals surface area contributed by atoms with E-state index in [1.54, 1.807) is 7.05 Å². The van der Waals surface area contributed by atoms with Gasteiger partial charge in [0.15, 0.2) is 0 Å². The van der Waals surface area contributed by atoms with Gasteiger partial charge in [0.05, 0.1) is 25.1 Å². The molecular weight excluding hydrogens is 312 g/mol. The molecule has 0 saturated heterocycles. The first-order valence-corrected chi connectivity index (χ1v) is 6.43. The van der Waals surface area contributed by atoms with Gasteiger partial charge in [0, 0.05) is 11.5 Å². The van der Waals surface area contributed by atoms with Crippen molar-refractivity contribution in [3.63, 3.8) is 0 Å². The highest BCUT2D eigenvalue weighted by Crippen LogP contribution is 2.13. The summed E-state index contributed by atoms with van der Waals surface area (Å²) in [5.74, 6) is -0.990. The maximum Gasteiger partial charge on any atom is 0.339 e. The molecule has 1 heterocycles. The lowest BCUT2D eigenvalue weighted by Gasteiger charge is -2.06. The summed E-state index contributed by atoms with van der Waals surface area (Å²) in [6.45, 7) is 0.645. The summed E-state index contributed by atoms with van der Waals surface area (Å²) < 4.78 is 8.07. The number of ether oxygens (including phenoxy) is 1. The number of halogens is 1. The summed E-state index contributed by atoms with van der Waals surface area (Å²) in [7, 11) is 1.70. The summed E-state index contributed by atoms with van der Waals surface area (Å²) in [6.07, 6.45) is 1.33. The number of carboxylic acid groups (broad SMARTS) is 1. The van der Waals surface area contributed by atoms with Crippen molar-refractivity contribution in [2.75, 3.05) is 0 Å². The fourth-order valence-corrected chi connectivity index (χ4v) is 1.92. The van der Waals surface area contributed by atoms with E-state index >= 15 is 0 Å². The topological polar surface area (TPSA) is 64.4 Å². The predicted octanol–water partition coefficient (Wildman–Crippen LogP) is 2.60. The second-order valence-corrected chi connectivity index (χ2v) is 4.97. The van der Waals surface area contributed by atoms with Gasteiger partial charge in [-0.15, -0.1) is 0 Å². The first-order valence-electron chi connectivity index (χ1n) is 5.64. The normalized spacial score (nSPS) is 10.6. The van der Waals surface area contributed by atoms with E-state index in [2.05, 4.69) is 21.0 Å². The largest absolute Gasteiger partial charge is 0.478 e. The Hall–Kier alpha value is -1.66. The van der Waals surface area contributed by atoms with Crippen LogP contribution in [0.15, 0.2) is 34.9 Å². The third kappa shape index (κ3) is 3.42. The molecular formula is C13H13BrN2O3. The van der Waals surface area contributed by atoms with Crippen LogP contribution in [-0.4, -0.2) is 20.9 Å². The standard InChI is InChI=1S/C13H13BrN2O3/c1-16-12(11(6-15-16)13(17)18)8-19-7-9-2-4-10(14)5-3-9/h2-6H,7-8H2,1H3,(H,17,18). The Morgan fingerprint density at radius 3 is 2.68 bits per heavy atom. The van der Waals surface area contributed by atoms with E-state index in [9.17, 15) is 4.79 Å². The average molecular weight is 325 g/mol. The Labute approximate surface area is 118 Å². The third-order valence-electron chi connectivity index (χ3n) is 2.71. The smallest absolute Gasteiger partial charge is 0.339 e. The zero-order valence-electron chi connectivity index (χ0n) is 10.3. The number of aromatic nitrogens is 2. The van der Waals surface area contributed by atoms with Crippen molar-refractivity contribution in [1.82, 2.24) is 9.78 Å². The zero-order chi connectivity index (χ0) is 13.8. The Kier molecular flexibility index (Phi) is 4.34. The molecule has 0 aliphatic rings. The van der Waals surface area contributed by atoms with E-state index in [1.807, 2.05) is 24.3 Å². The highest BCUT2D eigenvalue weighted by molar-refractivity contribution is 9.10. The molecule has 0 saturated carbocycles. The number of carbonyl (C=O) groups is 1. The number of benzene rings is 1. The molecule has 0 radical (unpaired) electrons. The molecule has 0 amide bonds. The predicted molar refractivity (Wildman–Crippen MR) is 72.8 cm³/mol. The van der Waals surface area contributed by atoms with Crippen LogP contribution in [0.1, 0.15) is 21.6 Å². The molecule has 1 aromatic heterocycles. The molecule has 1 N–H and O–H groups in total. The fourth-order valence-electron chi connectivity index (χ4n) is 1.66. The van der Waals surface area contributed by atoms with Crippen LogP contribution in [0.4, 0.5) is 0 Å². The highest BCUT2D eigenvalue weighted by atomic mass is 79.9. The average Bonchev–Trinajstić information content (AvgIpc) is 2.74. The van der Waals surface area contributed by atoms with Crippen LogP contribution in [0, 0.1) is 0 Å². The third-order valence-corrected chi connectivity index (χ3v) is 3.24. The van der Waals surface area contributed by atoms with E-state index < -0.39 is 5.97 Å². The van der Waals surface area contributed by atoms with Crippen molar-refractivity contribution in [2.45, 2.75) is 13.2 Å². The van der Waals surface area contributed by atoms with Gasteiger partial charge in [-0.25, -0.2) is 4.79 Å². The lowest BCUT2D eigenvalue weighted by Crippen LogP contribution is -2.07. The molecule has 1 aromatic carbocycles. The van der Waals surface area contributed by atoms with Gasteiger partial charge >= 0.3 is 5.97 Å². The monoisotopic (exact) mass is 324 g/mol. The molecule has 0 atom stereocenters. The Morgan fingerprint density at radius 2 is 2.05 bits per heavy atom. The Bertz CT molecular complexity index is 578. The van der Waals surface area contributed by atoms with Gasteiger partial charge < -0.3 is 9.84 Å². The molecule has 6 heteroatoms. The van der Waals surface area contributed by atoms with Crippen molar-refractivity contribution in [3.8, 4) is 0 Å². The number of aryl methyl sites for hydroxylation is 1. The molecule has 2 rings (SSSR count). The van der Waals surface area contributed by atoms with Gasteiger partial charge in [-0.2, -0.15) is 5.10 Å². The fraction of sp³-hybridized carbons (Fsp3) is 0.231. The first-order chi connectivity index (χ1) is 9.08. The summed E-state index contributed by atoms with van der Waals surface area (Å²) in [6, 6.07) is 7.77. The van der Waals surface area contributed by atoms with Gasteiger partial charge in [-0.05, 0) is 17.7 Å². The number of rotatable bonds is 5. The molecule has 100 valence electrons. The van der Waals surface area contributed by atoms with Crippen LogP contribution in [0.5, 0.6) is 0 Å². The van der Waals surface area contributed by atoms with Crippen molar-refractivity contribution < 1.29 is 14.6 Å². The van der Waals surface area contributed by atoms with Crippen molar-refractivity contribution in [3.05, 3.63) is 51.8 Å². The summed E-state index contributed by atoms with van der Waals surface area (Å²) in [5.41, 5.74) is 1.77. The number of hydrogen-bond donors (Lipinski definition) is 1. The highest BCUT2D eigenvalue weighted by Gasteiger charge is 2.14. The number of carboxylic acids is 1. The second-order valence-electron chi connectivity index (χ2n) is 4.05. The molecule has 0 aliphatic carbocycles. The molecule has 0 bridgehead atoms. The molecule has 5 nitrogen and oxygen atoms in total. The molecule has 0 spiro atoms. The molecule has 2 aromatic rings. The van der Waals surface area contributed by atoms with Gasteiger partial charge in [-0.3, -0.25) is 4.68 Å². The van der Waals surface area contributed by atoms with Crippen LogP contribution in [0.2, 0.25) is 0 Å². The van der Waals surface area contributed by atoms with E-state index in [-0.39, 0.29) is 12.2 Å². The van der Waals surface area contributed by atoms with Crippen molar-refractivity contribution >= 4 is 21.9 Å². The minimum absolute atomic E-state index is 0.179. The van der Waals surface area contributed by atoms with Gasteiger partial charge in [-0.1, -0.05) is 28.1 Å². The van der Waals surface area contributed by atoms with E-state index in [1.165, 1.54) is 10.9 Å². The summed E-state index contributed by atoms with van der Waals surface area (Å²) in [5, 5.41) is 12.9. The number of hydrogen-bond acceptors (Lipinski definition) is 3. The maximum absolute atomic E-state index is 11.0. The Morgan fingerprint density at radius 1 is 1.37 bits per heavy atom. The SMILES string of the molecule is Cn1ncc(C(=O)O)c1COCc1ccc(Br)cc1. The molecule has 19 heavy (non-hydrogen) atoms. The van der Waals surface area contributed by atoms with Crippen LogP contribution in [0.3, 0.4) is 0 Å². The number of nitrogens with zero attached hydrogens (tertiary/aromatic N) is 2. The van der Waals surface area contributed by atoms with E-state index in [0.29, 0.717) is 12.3 Å². The molecule has 0 fully saturated rings. The molecule has 0 unspecified atom stereocenters. The van der Waals surface area contributed by atoms with E-state index in [0.717, 1.165) is 10.0 Å². The van der Waals surface area contributed by atoms with Crippen LogP contribution in [0.25, 0.3) is 0 Å². The van der Waals surface area contributed by atoms with Crippen molar-refractivity contribution in [1.29, 1.82) is 0 Å². The van der Waals surface area contributed by atoms with Gasteiger partial charge in [0.2, 0.25) is 0 Å². The van der Waals surface area contributed by atoms with E-state index in [4.69, 9.17) is 9.84 Å². The number of aromatic carboxylic acids is 1. The quantitative estimate of drug-likeness (QED) is 0.918. The van der Waals surface area contributed by atoms with Crippen molar-refractivity contribution in [2.24, 2.45) is 7.05 Å². The summed E-state index contributed by atoms with van der Waals surface area (Å²) >= 11 is 3.36. The minimum atomic E-state index is -0.990. The molecule has 0 aliphatic heterocycles. The van der Waals surface area contributed by atoms with Crippen LogP contribution < -0.4 is 0 Å². The lowest BCUT2D eigenvalue weighted by molar-refractivity contribution is 0.0681. The van der Waals surface area contributed by atoms with Crippen LogP contribution >= 0.6 is 15.9 Å². The summed E-state index contributed by atoms with van der Waals surface area (Å²) in [4.78, 5) is 11.0. The minimum Gasteiger partial charge on any atom is -0.478 e. The zero-order valence-corrected chi connectivity index (χ0v) is 11.9. The van der Waals surface area contributed by atoms with Crippen LogP contribution in [-0.2, 0) is 25.0 Å². The second kappa shape index (κ2) is 5.99. The maximum atomic E-state index is 11.0. The lowest BCUT2D eigenvalue weighted by atomic mass is 10.2. The van der Waals surface area contributed by atoms with Gasteiger partial charge in [0.1, 0.15) is 5.56 Å².